The monoisotopic (exact) mass is 318 g/mol. The molecule has 94 valence electrons. The van der Waals surface area contributed by atoms with Crippen molar-refractivity contribution in [3.8, 4) is 0 Å². The van der Waals surface area contributed by atoms with Gasteiger partial charge in [-0.1, -0.05) is 31.3 Å². The lowest BCUT2D eigenvalue weighted by molar-refractivity contribution is 0.287. The lowest BCUT2D eigenvalue weighted by Gasteiger charge is -2.20. The quantitative estimate of drug-likeness (QED) is 0.817. The van der Waals surface area contributed by atoms with Gasteiger partial charge in [0.25, 0.3) is 0 Å². The predicted molar refractivity (Wildman–Crippen MR) is 76.5 cm³/mol. The Morgan fingerprint density at radius 2 is 2.24 bits per heavy atom. The van der Waals surface area contributed by atoms with Gasteiger partial charge in [0, 0.05) is 19.5 Å². The molecule has 1 aromatic carbocycles. The van der Waals surface area contributed by atoms with Crippen LogP contribution in [-0.4, -0.2) is 23.0 Å². The third kappa shape index (κ3) is 4.69. The van der Waals surface area contributed by atoms with Gasteiger partial charge in [0.05, 0.1) is 9.46 Å². The molecule has 0 aromatic heterocycles. The molecule has 0 amide bonds. The van der Waals surface area contributed by atoms with Gasteiger partial charge in [-0.3, -0.25) is 4.90 Å². The van der Waals surface area contributed by atoms with Crippen LogP contribution < -0.4 is 5.73 Å². The number of halogens is 2. The zero-order valence-corrected chi connectivity index (χ0v) is 12.2. The molecule has 0 aliphatic heterocycles. The summed E-state index contributed by atoms with van der Waals surface area (Å²) in [6, 6.07) is 5.08. The summed E-state index contributed by atoms with van der Waals surface area (Å²) in [5.41, 5.74) is 6.42. The normalized spacial score (nSPS) is 10.8. The Bertz CT molecular complexity index is 398. The highest BCUT2D eigenvalue weighted by atomic mass is 79.9. The van der Waals surface area contributed by atoms with E-state index in [4.69, 9.17) is 18.0 Å². The van der Waals surface area contributed by atoms with Crippen LogP contribution in [0.25, 0.3) is 0 Å². The fourth-order valence-electron chi connectivity index (χ4n) is 1.53. The Balaban J connectivity index is 2.67. The summed E-state index contributed by atoms with van der Waals surface area (Å²) in [6.07, 6.45) is 0.691. The highest BCUT2D eigenvalue weighted by Gasteiger charge is 2.09. The molecule has 0 aliphatic rings. The Hall–Kier alpha value is -0.520. The van der Waals surface area contributed by atoms with Gasteiger partial charge >= 0.3 is 0 Å². The Morgan fingerprint density at radius 3 is 2.82 bits per heavy atom. The second-order valence-electron chi connectivity index (χ2n) is 3.80. The van der Waals surface area contributed by atoms with E-state index >= 15 is 0 Å². The predicted octanol–water partition coefficient (Wildman–Crippen LogP) is 3.09. The summed E-state index contributed by atoms with van der Waals surface area (Å²) in [5, 5.41) is 0. The molecular weight excluding hydrogens is 303 g/mol. The number of rotatable bonds is 6. The molecule has 17 heavy (non-hydrogen) atoms. The number of hydrogen-bond donors (Lipinski definition) is 1. The fraction of sp³-hybridized carbons (Fsp3) is 0.417. The third-order valence-corrected chi connectivity index (χ3v) is 3.64. The second-order valence-corrected chi connectivity index (χ2v) is 5.12. The van der Waals surface area contributed by atoms with E-state index in [2.05, 4.69) is 27.8 Å². The molecule has 0 heterocycles. The molecule has 1 rings (SSSR count). The topological polar surface area (TPSA) is 29.3 Å². The molecule has 0 fully saturated rings. The summed E-state index contributed by atoms with van der Waals surface area (Å²) >= 11 is 8.12. The largest absolute Gasteiger partial charge is 0.393 e. The first-order valence-electron chi connectivity index (χ1n) is 5.48. The van der Waals surface area contributed by atoms with Crippen LogP contribution in [0.15, 0.2) is 22.7 Å². The van der Waals surface area contributed by atoms with Crippen LogP contribution in [0, 0.1) is 5.82 Å². The van der Waals surface area contributed by atoms with Crippen LogP contribution >= 0.6 is 28.1 Å². The first-order chi connectivity index (χ1) is 8.04. The van der Waals surface area contributed by atoms with E-state index < -0.39 is 0 Å². The third-order valence-electron chi connectivity index (χ3n) is 2.55. The zero-order valence-electron chi connectivity index (χ0n) is 9.75. The van der Waals surface area contributed by atoms with E-state index in [0.717, 1.165) is 18.7 Å². The van der Waals surface area contributed by atoms with Gasteiger partial charge in [-0.05, 0) is 34.1 Å². The number of benzene rings is 1. The molecule has 1 aromatic rings. The van der Waals surface area contributed by atoms with Crippen molar-refractivity contribution in [3.63, 3.8) is 0 Å². The Labute approximate surface area is 115 Å². The van der Waals surface area contributed by atoms with Crippen LogP contribution in [-0.2, 0) is 6.54 Å². The molecule has 0 saturated carbocycles. The van der Waals surface area contributed by atoms with Crippen molar-refractivity contribution in [2.75, 3.05) is 13.1 Å². The van der Waals surface area contributed by atoms with Crippen molar-refractivity contribution in [1.29, 1.82) is 0 Å². The van der Waals surface area contributed by atoms with E-state index in [1.807, 2.05) is 6.07 Å². The number of nitrogens with two attached hydrogens (primary N) is 1. The first kappa shape index (κ1) is 14.5. The molecule has 2 N–H and O–H groups in total. The molecular formula is C12H16BrFN2S. The average Bonchev–Trinajstić information content (AvgIpc) is 2.29. The summed E-state index contributed by atoms with van der Waals surface area (Å²) in [5.74, 6) is -0.229. The van der Waals surface area contributed by atoms with Crippen LogP contribution in [0.1, 0.15) is 18.9 Å². The first-order valence-corrected chi connectivity index (χ1v) is 6.68. The van der Waals surface area contributed by atoms with Crippen LogP contribution in [0.5, 0.6) is 0 Å². The Kier molecular flexibility index (Phi) is 6.02. The van der Waals surface area contributed by atoms with Crippen molar-refractivity contribution in [3.05, 3.63) is 34.1 Å². The number of hydrogen-bond acceptors (Lipinski definition) is 2. The van der Waals surface area contributed by atoms with Gasteiger partial charge in [0.2, 0.25) is 0 Å². The smallest absolute Gasteiger partial charge is 0.137 e. The highest BCUT2D eigenvalue weighted by molar-refractivity contribution is 9.10. The minimum atomic E-state index is -0.229. The SMILES string of the molecule is CCN(CCC(N)=S)Cc1cccc(F)c1Br. The van der Waals surface area contributed by atoms with Crippen LogP contribution in [0.3, 0.4) is 0 Å². The molecule has 2 nitrogen and oxygen atoms in total. The van der Waals surface area contributed by atoms with E-state index in [1.54, 1.807) is 6.07 Å². The highest BCUT2D eigenvalue weighted by Crippen LogP contribution is 2.21. The van der Waals surface area contributed by atoms with Crippen molar-refractivity contribution < 1.29 is 4.39 Å². The second kappa shape index (κ2) is 7.03. The van der Waals surface area contributed by atoms with E-state index in [9.17, 15) is 4.39 Å². The molecule has 5 heteroatoms. The van der Waals surface area contributed by atoms with Crippen LogP contribution in [0.4, 0.5) is 4.39 Å². The lowest BCUT2D eigenvalue weighted by Crippen LogP contribution is -2.27. The van der Waals surface area contributed by atoms with Gasteiger partial charge in [-0.25, -0.2) is 4.39 Å². The minimum absolute atomic E-state index is 0.229. The minimum Gasteiger partial charge on any atom is -0.393 e. The molecule has 0 radical (unpaired) electrons. The number of nitrogens with zero attached hydrogens (tertiary/aromatic N) is 1. The van der Waals surface area contributed by atoms with E-state index in [1.165, 1.54) is 6.07 Å². The maximum atomic E-state index is 13.3. The van der Waals surface area contributed by atoms with Crippen molar-refractivity contribution in [2.24, 2.45) is 5.73 Å². The lowest BCUT2D eigenvalue weighted by atomic mass is 10.2. The van der Waals surface area contributed by atoms with E-state index in [-0.39, 0.29) is 5.82 Å². The van der Waals surface area contributed by atoms with Gasteiger partial charge in [0.15, 0.2) is 0 Å². The van der Waals surface area contributed by atoms with Crippen molar-refractivity contribution in [2.45, 2.75) is 19.9 Å². The molecule has 0 aliphatic carbocycles. The molecule has 0 spiro atoms. The van der Waals surface area contributed by atoms with Crippen molar-refractivity contribution >= 4 is 33.1 Å². The summed E-state index contributed by atoms with van der Waals surface area (Å²) in [7, 11) is 0. The van der Waals surface area contributed by atoms with Gasteiger partial charge in [-0.2, -0.15) is 0 Å². The van der Waals surface area contributed by atoms with E-state index in [0.29, 0.717) is 22.4 Å². The molecule has 0 saturated heterocycles. The van der Waals surface area contributed by atoms with Gasteiger partial charge < -0.3 is 5.73 Å². The Morgan fingerprint density at radius 1 is 1.53 bits per heavy atom. The van der Waals surface area contributed by atoms with Gasteiger partial charge in [-0.15, -0.1) is 0 Å². The molecule has 0 atom stereocenters. The molecule has 0 unspecified atom stereocenters. The van der Waals surface area contributed by atoms with Crippen molar-refractivity contribution in [1.82, 2.24) is 4.90 Å². The number of thiocarbonyl (C=S) groups is 1. The average molecular weight is 319 g/mol. The summed E-state index contributed by atoms with van der Waals surface area (Å²) < 4.78 is 13.9. The summed E-state index contributed by atoms with van der Waals surface area (Å²) in [4.78, 5) is 2.69. The maximum absolute atomic E-state index is 13.3. The summed E-state index contributed by atoms with van der Waals surface area (Å²) in [6.45, 7) is 4.44. The fourth-order valence-corrected chi connectivity index (χ4v) is 2.01. The van der Waals surface area contributed by atoms with Crippen LogP contribution in [0.2, 0.25) is 0 Å². The standard InChI is InChI=1S/C12H16BrFN2S/c1-2-16(7-6-11(15)17)8-9-4-3-5-10(14)12(9)13/h3-5H,2,6-8H2,1H3,(H2,15,17). The molecule has 0 bridgehead atoms. The zero-order chi connectivity index (χ0) is 12.8. The maximum Gasteiger partial charge on any atom is 0.137 e. The van der Waals surface area contributed by atoms with Gasteiger partial charge in [0.1, 0.15) is 5.82 Å².